The zero-order valence-electron chi connectivity index (χ0n) is 5.73. The molecule has 12 heavy (non-hydrogen) atoms. The van der Waals surface area contributed by atoms with Crippen molar-refractivity contribution in [2.75, 3.05) is 0 Å². The van der Waals surface area contributed by atoms with Crippen molar-refractivity contribution in [2.24, 2.45) is 11.8 Å². The molecule has 66 valence electrons. The molecule has 1 aliphatic rings. The second kappa shape index (κ2) is 2.55. The van der Waals surface area contributed by atoms with Crippen LogP contribution in [0.2, 0.25) is 0 Å². The van der Waals surface area contributed by atoms with Gasteiger partial charge in [0.25, 0.3) is 0 Å². The smallest absolute Gasteiger partial charge is 0.309 e. The second-order valence-electron chi connectivity index (χ2n) is 2.58. The van der Waals surface area contributed by atoms with Crippen molar-refractivity contribution in [3.8, 4) is 0 Å². The number of carbonyl (C=O) groups is 3. The van der Waals surface area contributed by atoms with Crippen LogP contribution >= 0.6 is 15.9 Å². The minimum Gasteiger partial charge on any atom is -0.481 e. The first kappa shape index (κ1) is 9.18. The van der Waals surface area contributed by atoms with Gasteiger partial charge in [0.1, 0.15) is 10.6 Å². The number of aldehydes is 1. The number of hydrogen-bond donors (Lipinski definition) is 2. The van der Waals surface area contributed by atoms with Gasteiger partial charge in [-0.25, -0.2) is 0 Å². The lowest BCUT2D eigenvalue weighted by atomic mass is 10.3. The van der Waals surface area contributed by atoms with E-state index in [1.807, 2.05) is 0 Å². The summed E-state index contributed by atoms with van der Waals surface area (Å²) < 4.78 is -1.40. The van der Waals surface area contributed by atoms with Crippen LogP contribution in [-0.2, 0) is 14.4 Å². The average Bonchev–Trinajstić information content (AvgIpc) is 2.58. The van der Waals surface area contributed by atoms with Crippen molar-refractivity contribution in [1.29, 1.82) is 0 Å². The summed E-state index contributed by atoms with van der Waals surface area (Å²) in [5.41, 5.74) is 0. The van der Waals surface area contributed by atoms with E-state index < -0.39 is 28.1 Å². The molecule has 0 aromatic heterocycles. The Labute approximate surface area is 75.5 Å². The monoisotopic (exact) mass is 236 g/mol. The molecular formula is C6H5BrO5. The molecule has 0 aromatic carbocycles. The predicted molar refractivity (Wildman–Crippen MR) is 40.0 cm³/mol. The minimum absolute atomic E-state index is 0.324. The molecule has 1 aliphatic carbocycles. The highest BCUT2D eigenvalue weighted by Gasteiger charge is 2.71. The average molecular weight is 237 g/mol. The summed E-state index contributed by atoms with van der Waals surface area (Å²) in [5, 5.41) is 17.0. The highest BCUT2D eigenvalue weighted by atomic mass is 79.9. The predicted octanol–water partition coefficient (Wildman–Crippen LogP) is -0.266. The molecule has 0 amide bonds. The van der Waals surface area contributed by atoms with Crippen LogP contribution in [0.15, 0.2) is 0 Å². The minimum atomic E-state index is -1.40. The fraction of sp³-hybridized carbons (Fsp3) is 0.500. The van der Waals surface area contributed by atoms with Crippen LogP contribution in [0.4, 0.5) is 0 Å². The zero-order valence-corrected chi connectivity index (χ0v) is 7.32. The number of hydrogen-bond acceptors (Lipinski definition) is 3. The summed E-state index contributed by atoms with van der Waals surface area (Å²) in [5.74, 6) is -4.84. The maximum Gasteiger partial charge on any atom is 0.309 e. The Morgan fingerprint density at radius 1 is 1.25 bits per heavy atom. The van der Waals surface area contributed by atoms with Gasteiger partial charge in [-0.2, -0.15) is 0 Å². The molecule has 0 unspecified atom stereocenters. The van der Waals surface area contributed by atoms with Crippen LogP contribution < -0.4 is 0 Å². The Morgan fingerprint density at radius 2 is 1.58 bits per heavy atom. The molecule has 1 saturated carbocycles. The van der Waals surface area contributed by atoms with Crippen LogP contribution in [0.3, 0.4) is 0 Å². The molecule has 5 nitrogen and oxygen atoms in total. The van der Waals surface area contributed by atoms with Crippen molar-refractivity contribution < 1.29 is 24.6 Å². The highest BCUT2D eigenvalue weighted by Crippen LogP contribution is 2.56. The molecule has 0 aromatic rings. The number of alkyl halides is 1. The number of carbonyl (C=O) groups excluding carboxylic acids is 1. The summed E-state index contributed by atoms with van der Waals surface area (Å²) >= 11 is 2.79. The first-order valence-electron chi connectivity index (χ1n) is 3.06. The second-order valence-corrected chi connectivity index (χ2v) is 3.95. The van der Waals surface area contributed by atoms with Crippen LogP contribution in [0.25, 0.3) is 0 Å². The van der Waals surface area contributed by atoms with E-state index in [2.05, 4.69) is 15.9 Å². The first-order chi connectivity index (χ1) is 5.45. The third-order valence-corrected chi connectivity index (χ3v) is 3.06. The SMILES string of the molecule is O=CC1(Br)[C@@H](C(=O)O)[C@@H]1C(=O)O. The van der Waals surface area contributed by atoms with E-state index in [9.17, 15) is 14.4 Å². The summed E-state index contributed by atoms with van der Waals surface area (Å²) in [6.07, 6.45) is 0.324. The van der Waals surface area contributed by atoms with E-state index >= 15 is 0 Å². The topological polar surface area (TPSA) is 91.7 Å². The fourth-order valence-electron chi connectivity index (χ4n) is 1.19. The molecule has 0 radical (unpaired) electrons. The lowest BCUT2D eigenvalue weighted by Gasteiger charge is -1.92. The maximum absolute atomic E-state index is 10.4. The molecule has 1 fully saturated rings. The standard InChI is InChI=1S/C6H5BrO5/c7-6(1-8)2(4(9)10)3(6)5(11)12/h1-3H,(H,9,10)(H,11,12)/t2-,3-/m1/s1. The number of rotatable bonds is 3. The van der Waals surface area contributed by atoms with Gasteiger partial charge in [0.15, 0.2) is 0 Å². The zero-order chi connectivity index (χ0) is 9.52. The molecule has 0 bridgehead atoms. The van der Waals surface area contributed by atoms with Gasteiger partial charge in [-0.15, -0.1) is 0 Å². The summed E-state index contributed by atoms with van der Waals surface area (Å²) in [4.78, 5) is 31.1. The van der Waals surface area contributed by atoms with Crippen LogP contribution in [0, 0.1) is 11.8 Å². The van der Waals surface area contributed by atoms with Crippen molar-refractivity contribution in [2.45, 2.75) is 4.32 Å². The quantitative estimate of drug-likeness (QED) is 0.520. The molecule has 1 rings (SSSR count). The fourth-order valence-corrected chi connectivity index (χ4v) is 1.98. The Balaban J connectivity index is 2.88. The van der Waals surface area contributed by atoms with Gasteiger partial charge in [0, 0.05) is 0 Å². The largest absolute Gasteiger partial charge is 0.481 e. The highest BCUT2D eigenvalue weighted by molar-refractivity contribution is 9.10. The molecule has 2 atom stereocenters. The van der Waals surface area contributed by atoms with Crippen LogP contribution in [0.1, 0.15) is 0 Å². The molecule has 2 N–H and O–H groups in total. The number of carboxylic acid groups (broad SMARTS) is 2. The van der Waals surface area contributed by atoms with E-state index in [0.29, 0.717) is 6.29 Å². The van der Waals surface area contributed by atoms with Crippen LogP contribution in [-0.4, -0.2) is 32.8 Å². The van der Waals surface area contributed by atoms with Gasteiger partial charge < -0.3 is 15.0 Å². The van der Waals surface area contributed by atoms with Gasteiger partial charge >= 0.3 is 11.9 Å². The van der Waals surface area contributed by atoms with Gasteiger partial charge in [0.05, 0.1) is 11.8 Å². The number of halogens is 1. The Kier molecular flexibility index (Phi) is 1.95. The van der Waals surface area contributed by atoms with Crippen molar-refractivity contribution in [3.63, 3.8) is 0 Å². The van der Waals surface area contributed by atoms with E-state index in [0.717, 1.165) is 0 Å². The van der Waals surface area contributed by atoms with E-state index in [1.54, 1.807) is 0 Å². The Morgan fingerprint density at radius 3 is 1.67 bits per heavy atom. The van der Waals surface area contributed by atoms with Crippen molar-refractivity contribution >= 4 is 34.2 Å². The summed E-state index contributed by atoms with van der Waals surface area (Å²) in [6, 6.07) is 0. The van der Waals surface area contributed by atoms with Gasteiger partial charge in [0.2, 0.25) is 0 Å². The Bertz CT molecular complexity index is 241. The first-order valence-corrected chi connectivity index (χ1v) is 3.85. The molecule has 0 heterocycles. The van der Waals surface area contributed by atoms with Crippen molar-refractivity contribution in [3.05, 3.63) is 0 Å². The van der Waals surface area contributed by atoms with Gasteiger partial charge in [-0.3, -0.25) is 9.59 Å². The van der Waals surface area contributed by atoms with E-state index in [4.69, 9.17) is 10.2 Å². The number of carboxylic acids is 2. The Hall–Kier alpha value is -0.910. The lowest BCUT2D eigenvalue weighted by molar-refractivity contribution is -0.144. The molecular weight excluding hydrogens is 232 g/mol. The lowest BCUT2D eigenvalue weighted by Crippen LogP contribution is -2.11. The van der Waals surface area contributed by atoms with E-state index in [-0.39, 0.29) is 0 Å². The molecule has 6 heteroatoms. The van der Waals surface area contributed by atoms with Crippen LogP contribution in [0.5, 0.6) is 0 Å². The maximum atomic E-state index is 10.4. The van der Waals surface area contributed by atoms with Gasteiger partial charge in [-0.1, -0.05) is 15.9 Å². The third kappa shape index (κ3) is 1.03. The molecule has 0 spiro atoms. The summed E-state index contributed by atoms with van der Waals surface area (Å²) in [7, 11) is 0. The molecule has 0 aliphatic heterocycles. The third-order valence-electron chi connectivity index (χ3n) is 1.89. The summed E-state index contributed by atoms with van der Waals surface area (Å²) in [6.45, 7) is 0. The van der Waals surface area contributed by atoms with E-state index in [1.165, 1.54) is 0 Å². The number of aliphatic carboxylic acids is 2. The normalized spacial score (nSPS) is 38.8. The van der Waals surface area contributed by atoms with Gasteiger partial charge in [-0.05, 0) is 0 Å². The van der Waals surface area contributed by atoms with Crippen molar-refractivity contribution in [1.82, 2.24) is 0 Å². The molecule has 0 saturated heterocycles.